The summed E-state index contributed by atoms with van der Waals surface area (Å²) in [6.07, 6.45) is 2.04. The van der Waals surface area contributed by atoms with Crippen molar-refractivity contribution in [1.82, 2.24) is 19.5 Å². The van der Waals surface area contributed by atoms with Gasteiger partial charge in [-0.15, -0.1) is 6.42 Å². The number of carbonyl (C=O) groups is 1. The summed E-state index contributed by atoms with van der Waals surface area (Å²) >= 11 is 0. The Balaban J connectivity index is 1.61. The van der Waals surface area contributed by atoms with E-state index in [4.69, 9.17) is 20.6 Å². The minimum atomic E-state index is -1.56. The molecule has 0 aliphatic carbocycles. The van der Waals surface area contributed by atoms with Gasteiger partial charge in [0.25, 0.3) is 0 Å². The maximum absolute atomic E-state index is 14.1. The van der Waals surface area contributed by atoms with Crippen LogP contribution in [0.5, 0.6) is 0 Å². The van der Waals surface area contributed by atoms with Crippen molar-refractivity contribution in [2.24, 2.45) is 0 Å². The molecule has 2 aromatic heterocycles. The van der Waals surface area contributed by atoms with Crippen molar-refractivity contribution >= 4 is 23.1 Å². The molecular formula is C17H18FN5O6. The van der Waals surface area contributed by atoms with Crippen molar-refractivity contribution < 1.29 is 33.6 Å². The summed E-state index contributed by atoms with van der Waals surface area (Å²) in [6, 6.07) is 0. The molecule has 29 heavy (non-hydrogen) atoms. The van der Waals surface area contributed by atoms with Crippen molar-refractivity contribution in [3.8, 4) is 12.3 Å². The monoisotopic (exact) mass is 407 g/mol. The quantitative estimate of drug-likeness (QED) is 0.351. The Bertz CT molecular complexity index is 993. The van der Waals surface area contributed by atoms with Crippen LogP contribution in [0.4, 0.5) is 15.0 Å². The van der Waals surface area contributed by atoms with Crippen LogP contribution in [0.25, 0.3) is 11.2 Å². The van der Waals surface area contributed by atoms with Crippen molar-refractivity contribution in [2.75, 3.05) is 18.5 Å². The predicted octanol–water partition coefficient (Wildman–Crippen LogP) is -0.0547. The standard InChI is InChI=1S/C17H18FN5O6/c1-3-17(6-24)10(25)4-11(29-17)23-7-20-12-13(21-15(18)22-14(12)23)19-5-9-8(2)27-16(26)28-9/h1,7-11,24-25H,4-6H2,2H3,(H,19,21,22)/t8?,9?,10-,11+,17+/m0/s1. The zero-order chi connectivity index (χ0) is 20.8. The number of carbonyl (C=O) groups excluding carboxylic acids is 1. The van der Waals surface area contributed by atoms with Gasteiger partial charge in [-0.1, -0.05) is 5.92 Å². The van der Waals surface area contributed by atoms with Gasteiger partial charge in [-0.3, -0.25) is 4.57 Å². The van der Waals surface area contributed by atoms with Gasteiger partial charge >= 0.3 is 12.2 Å². The molecule has 2 aliphatic heterocycles. The molecule has 154 valence electrons. The number of nitrogens with zero attached hydrogens (tertiary/aromatic N) is 4. The number of rotatable bonds is 5. The number of ether oxygens (including phenoxy) is 3. The first-order valence-electron chi connectivity index (χ1n) is 8.82. The zero-order valence-corrected chi connectivity index (χ0v) is 15.3. The Morgan fingerprint density at radius 2 is 2.28 bits per heavy atom. The molecule has 12 heteroatoms. The van der Waals surface area contributed by atoms with Crippen LogP contribution in [0, 0.1) is 18.4 Å². The number of aromatic nitrogens is 4. The maximum atomic E-state index is 14.1. The third kappa shape index (κ3) is 3.23. The summed E-state index contributed by atoms with van der Waals surface area (Å²) in [6.45, 7) is 1.21. The largest absolute Gasteiger partial charge is 0.509 e. The number of imidazole rings is 1. The van der Waals surface area contributed by atoms with E-state index in [9.17, 15) is 19.4 Å². The Labute approximate surface area is 163 Å². The number of aliphatic hydroxyl groups excluding tert-OH is 2. The fraction of sp³-hybridized carbons (Fsp3) is 0.529. The van der Waals surface area contributed by atoms with Crippen LogP contribution in [0.3, 0.4) is 0 Å². The highest BCUT2D eigenvalue weighted by atomic mass is 19.1. The normalized spacial score (nSPS) is 31.5. The van der Waals surface area contributed by atoms with Gasteiger partial charge in [0, 0.05) is 6.42 Å². The third-order valence-corrected chi connectivity index (χ3v) is 5.02. The van der Waals surface area contributed by atoms with E-state index in [1.807, 2.05) is 0 Å². The average Bonchev–Trinajstić information content (AvgIpc) is 3.34. The molecule has 2 unspecified atom stereocenters. The highest BCUT2D eigenvalue weighted by Gasteiger charge is 2.47. The van der Waals surface area contributed by atoms with E-state index in [0.29, 0.717) is 0 Å². The molecule has 4 heterocycles. The van der Waals surface area contributed by atoms with E-state index in [1.54, 1.807) is 6.92 Å². The number of cyclic esters (lactones) is 2. The molecule has 2 fully saturated rings. The molecule has 0 saturated carbocycles. The Morgan fingerprint density at radius 3 is 2.90 bits per heavy atom. The number of anilines is 1. The lowest BCUT2D eigenvalue weighted by atomic mass is 9.99. The molecule has 0 spiro atoms. The van der Waals surface area contributed by atoms with Gasteiger partial charge in [0.2, 0.25) is 0 Å². The summed E-state index contributed by atoms with van der Waals surface area (Å²) in [5.41, 5.74) is -1.21. The second-order valence-electron chi connectivity index (χ2n) is 6.79. The first kappa shape index (κ1) is 19.3. The molecule has 2 aliphatic rings. The molecule has 0 aromatic carbocycles. The highest BCUT2D eigenvalue weighted by Crippen LogP contribution is 2.37. The van der Waals surface area contributed by atoms with E-state index < -0.39 is 49.0 Å². The summed E-state index contributed by atoms with van der Waals surface area (Å²) in [7, 11) is 0. The molecule has 0 amide bonds. The minimum absolute atomic E-state index is 0.0531. The summed E-state index contributed by atoms with van der Waals surface area (Å²) in [4.78, 5) is 22.9. The Morgan fingerprint density at radius 1 is 1.48 bits per heavy atom. The van der Waals surface area contributed by atoms with Crippen molar-refractivity contribution in [3.05, 3.63) is 12.4 Å². The van der Waals surface area contributed by atoms with E-state index in [1.165, 1.54) is 10.9 Å². The second kappa shape index (κ2) is 7.11. The van der Waals surface area contributed by atoms with Gasteiger partial charge < -0.3 is 29.7 Å². The van der Waals surface area contributed by atoms with Gasteiger partial charge in [-0.25, -0.2) is 9.78 Å². The Hall–Kier alpha value is -3.01. The number of aliphatic hydroxyl groups is 2. The molecule has 2 saturated heterocycles. The zero-order valence-electron chi connectivity index (χ0n) is 15.3. The van der Waals surface area contributed by atoms with E-state index in [0.717, 1.165) is 0 Å². The molecular weight excluding hydrogens is 389 g/mol. The lowest BCUT2D eigenvalue weighted by Crippen LogP contribution is -2.41. The van der Waals surface area contributed by atoms with Gasteiger partial charge in [-0.2, -0.15) is 14.4 Å². The number of fused-ring (bicyclic) bond motifs is 1. The molecule has 0 radical (unpaired) electrons. The van der Waals surface area contributed by atoms with Crippen LogP contribution in [-0.2, 0) is 14.2 Å². The molecule has 4 rings (SSSR count). The van der Waals surface area contributed by atoms with Gasteiger partial charge in [0.15, 0.2) is 28.7 Å². The number of nitrogens with one attached hydrogen (secondary N) is 1. The summed E-state index contributed by atoms with van der Waals surface area (Å²) in [5.74, 6) is 2.36. The van der Waals surface area contributed by atoms with Crippen LogP contribution in [0.2, 0.25) is 0 Å². The fourth-order valence-electron chi connectivity index (χ4n) is 3.34. The fourth-order valence-corrected chi connectivity index (χ4v) is 3.34. The van der Waals surface area contributed by atoms with Gasteiger partial charge in [0.1, 0.15) is 18.4 Å². The number of hydrogen-bond donors (Lipinski definition) is 3. The van der Waals surface area contributed by atoms with Crippen molar-refractivity contribution in [1.29, 1.82) is 0 Å². The summed E-state index contributed by atoms with van der Waals surface area (Å²) < 4.78 is 31.0. The number of halogens is 1. The smallest absolute Gasteiger partial charge is 0.427 e. The van der Waals surface area contributed by atoms with Crippen LogP contribution in [0.1, 0.15) is 19.6 Å². The lowest BCUT2D eigenvalue weighted by Gasteiger charge is -2.23. The number of terminal acetylenes is 1. The molecule has 0 bridgehead atoms. The first-order chi connectivity index (χ1) is 13.9. The topological polar surface area (TPSA) is 141 Å². The maximum Gasteiger partial charge on any atom is 0.509 e. The number of hydrogen-bond acceptors (Lipinski definition) is 10. The second-order valence-corrected chi connectivity index (χ2v) is 6.79. The third-order valence-electron chi connectivity index (χ3n) is 5.02. The van der Waals surface area contributed by atoms with E-state index in [-0.39, 0.29) is 29.9 Å². The average molecular weight is 407 g/mol. The lowest BCUT2D eigenvalue weighted by molar-refractivity contribution is -0.0891. The molecule has 5 atom stereocenters. The predicted molar refractivity (Wildman–Crippen MR) is 94.0 cm³/mol. The van der Waals surface area contributed by atoms with Crippen molar-refractivity contribution in [2.45, 2.75) is 43.5 Å². The molecule has 2 aromatic rings. The SMILES string of the molecule is C#C[C@]1(CO)O[C@@H](n2cnc3c(NCC4OC(=O)OC4C)nc(F)nc32)C[C@@H]1O. The van der Waals surface area contributed by atoms with Crippen LogP contribution < -0.4 is 5.32 Å². The van der Waals surface area contributed by atoms with Crippen LogP contribution in [0.15, 0.2) is 6.33 Å². The highest BCUT2D eigenvalue weighted by molar-refractivity contribution is 5.82. The molecule has 11 nitrogen and oxygen atoms in total. The van der Waals surface area contributed by atoms with Crippen LogP contribution in [-0.4, -0.2) is 73.0 Å². The van der Waals surface area contributed by atoms with Gasteiger partial charge in [0.05, 0.1) is 19.5 Å². The first-order valence-corrected chi connectivity index (χ1v) is 8.82. The molecule has 3 N–H and O–H groups in total. The minimum Gasteiger partial charge on any atom is -0.427 e. The van der Waals surface area contributed by atoms with E-state index >= 15 is 0 Å². The van der Waals surface area contributed by atoms with Gasteiger partial charge in [-0.05, 0) is 6.92 Å². The Kier molecular flexibility index (Phi) is 4.73. The van der Waals surface area contributed by atoms with Crippen molar-refractivity contribution in [3.63, 3.8) is 0 Å². The van der Waals surface area contributed by atoms with E-state index in [2.05, 4.69) is 26.2 Å². The van der Waals surface area contributed by atoms with Crippen LogP contribution >= 0.6 is 0 Å². The summed E-state index contributed by atoms with van der Waals surface area (Å²) in [5, 5.41) is 22.6.